The van der Waals surface area contributed by atoms with Crippen molar-refractivity contribution in [2.75, 3.05) is 18.1 Å². The molecule has 9 heteroatoms. The molecule has 8 nitrogen and oxygen atoms in total. The molecule has 32 heavy (non-hydrogen) atoms. The van der Waals surface area contributed by atoms with E-state index in [4.69, 9.17) is 4.74 Å². The van der Waals surface area contributed by atoms with Gasteiger partial charge in [0.05, 0.1) is 17.4 Å². The summed E-state index contributed by atoms with van der Waals surface area (Å²) in [6.07, 6.45) is 0.131. The first-order valence-corrected chi connectivity index (χ1v) is 12.1. The van der Waals surface area contributed by atoms with Crippen molar-refractivity contribution in [1.29, 1.82) is 0 Å². The summed E-state index contributed by atoms with van der Waals surface area (Å²) in [6.45, 7) is 6.44. The third-order valence-electron chi connectivity index (χ3n) is 5.02. The maximum Gasteiger partial charge on any atom is 0.240 e. The van der Waals surface area contributed by atoms with Gasteiger partial charge >= 0.3 is 0 Å². The molecule has 2 N–H and O–H groups in total. The van der Waals surface area contributed by atoms with Crippen molar-refractivity contribution in [3.63, 3.8) is 0 Å². The van der Waals surface area contributed by atoms with Gasteiger partial charge in [-0.2, -0.15) is 0 Å². The van der Waals surface area contributed by atoms with Crippen LogP contribution in [0, 0.1) is 5.92 Å². The number of hydrogen-bond acceptors (Lipinski definition) is 5. The Morgan fingerprint density at radius 1 is 1.19 bits per heavy atom. The second-order valence-corrected chi connectivity index (χ2v) is 9.69. The highest BCUT2D eigenvalue weighted by Crippen LogP contribution is 2.27. The SMILES string of the molecule is CCOc1ccc(N2CC(C(=O)NCc3cccc(S(=O)(=O)NC(C)C)c3)CC2=O)cc1. The van der Waals surface area contributed by atoms with E-state index >= 15 is 0 Å². The van der Waals surface area contributed by atoms with Gasteiger partial charge in [-0.3, -0.25) is 9.59 Å². The highest BCUT2D eigenvalue weighted by Gasteiger charge is 2.35. The Hall–Kier alpha value is -2.91. The highest BCUT2D eigenvalue weighted by atomic mass is 32.2. The molecule has 1 saturated heterocycles. The number of hydrogen-bond donors (Lipinski definition) is 2. The lowest BCUT2D eigenvalue weighted by Crippen LogP contribution is -2.33. The molecule has 2 aromatic carbocycles. The zero-order valence-electron chi connectivity index (χ0n) is 18.5. The lowest BCUT2D eigenvalue weighted by Gasteiger charge is -2.17. The lowest BCUT2D eigenvalue weighted by atomic mass is 10.1. The van der Waals surface area contributed by atoms with Crippen LogP contribution in [0.25, 0.3) is 0 Å². The van der Waals surface area contributed by atoms with E-state index in [0.29, 0.717) is 18.7 Å². The summed E-state index contributed by atoms with van der Waals surface area (Å²) >= 11 is 0. The van der Waals surface area contributed by atoms with E-state index in [1.165, 1.54) is 12.1 Å². The van der Waals surface area contributed by atoms with E-state index in [-0.39, 0.29) is 35.7 Å². The van der Waals surface area contributed by atoms with Crippen LogP contribution in [0.3, 0.4) is 0 Å². The zero-order chi connectivity index (χ0) is 23.3. The minimum absolute atomic E-state index is 0.109. The zero-order valence-corrected chi connectivity index (χ0v) is 19.3. The van der Waals surface area contributed by atoms with Gasteiger partial charge in [-0.05, 0) is 62.7 Å². The van der Waals surface area contributed by atoms with Crippen LogP contribution in [-0.4, -0.2) is 39.4 Å². The minimum Gasteiger partial charge on any atom is -0.494 e. The van der Waals surface area contributed by atoms with Gasteiger partial charge in [-0.25, -0.2) is 13.1 Å². The second-order valence-electron chi connectivity index (χ2n) is 7.97. The van der Waals surface area contributed by atoms with Crippen molar-refractivity contribution in [2.24, 2.45) is 5.92 Å². The van der Waals surface area contributed by atoms with Gasteiger partial charge in [0.25, 0.3) is 0 Å². The van der Waals surface area contributed by atoms with Crippen molar-refractivity contribution < 1.29 is 22.7 Å². The van der Waals surface area contributed by atoms with Crippen molar-refractivity contribution in [2.45, 2.75) is 44.7 Å². The van der Waals surface area contributed by atoms with Crippen LogP contribution in [0.4, 0.5) is 5.69 Å². The molecule has 0 saturated carbocycles. The normalized spacial score (nSPS) is 16.4. The average Bonchev–Trinajstić information content (AvgIpc) is 3.14. The molecule has 0 radical (unpaired) electrons. The number of nitrogens with zero attached hydrogens (tertiary/aromatic N) is 1. The molecule has 0 spiro atoms. The summed E-state index contributed by atoms with van der Waals surface area (Å²) in [5.41, 5.74) is 1.39. The van der Waals surface area contributed by atoms with Gasteiger partial charge in [-0.15, -0.1) is 0 Å². The molecule has 1 heterocycles. The summed E-state index contributed by atoms with van der Waals surface area (Å²) in [5, 5.41) is 2.83. The van der Waals surface area contributed by atoms with Crippen LogP contribution >= 0.6 is 0 Å². The topological polar surface area (TPSA) is 105 Å². The van der Waals surface area contributed by atoms with E-state index in [1.807, 2.05) is 6.92 Å². The summed E-state index contributed by atoms with van der Waals surface area (Å²) in [6, 6.07) is 13.4. The number of amides is 2. The number of sulfonamides is 1. The van der Waals surface area contributed by atoms with Crippen LogP contribution in [0.2, 0.25) is 0 Å². The van der Waals surface area contributed by atoms with Crippen LogP contribution in [0.5, 0.6) is 5.75 Å². The molecule has 0 aromatic heterocycles. The molecule has 0 bridgehead atoms. The van der Waals surface area contributed by atoms with Gasteiger partial charge in [0.2, 0.25) is 21.8 Å². The molecule has 1 atom stereocenters. The first-order valence-electron chi connectivity index (χ1n) is 10.6. The Morgan fingerprint density at radius 2 is 1.91 bits per heavy atom. The van der Waals surface area contributed by atoms with E-state index in [9.17, 15) is 18.0 Å². The standard InChI is InChI=1S/C23H29N3O5S/c1-4-31-20-10-8-19(9-11-20)26-15-18(13-22(26)27)23(28)24-14-17-6-5-7-21(12-17)32(29,30)25-16(2)3/h5-12,16,18,25H,4,13-15H2,1-3H3,(H,24,28). The predicted octanol–water partition coefficient (Wildman–Crippen LogP) is 2.44. The Balaban J connectivity index is 1.60. The van der Waals surface area contributed by atoms with E-state index in [2.05, 4.69) is 10.0 Å². The average molecular weight is 460 g/mol. The van der Waals surface area contributed by atoms with E-state index in [0.717, 1.165) is 11.4 Å². The lowest BCUT2D eigenvalue weighted by molar-refractivity contribution is -0.126. The van der Waals surface area contributed by atoms with Crippen molar-refractivity contribution >= 4 is 27.5 Å². The summed E-state index contributed by atoms with van der Waals surface area (Å²) < 4.78 is 32.7. The molecule has 1 fully saturated rings. The molecular formula is C23H29N3O5S. The predicted molar refractivity (Wildman–Crippen MR) is 122 cm³/mol. The molecular weight excluding hydrogens is 430 g/mol. The molecule has 2 amide bonds. The number of carbonyl (C=O) groups excluding carboxylic acids is 2. The monoisotopic (exact) mass is 459 g/mol. The Bertz CT molecular complexity index is 1070. The number of nitrogens with one attached hydrogen (secondary N) is 2. The first kappa shape index (κ1) is 23.7. The number of benzene rings is 2. The van der Waals surface area contributed by atoms with Gasteiger partial charge in [-0.1, -0.05) is 12.1 Å². The molecule has 3 rings (SSSR count). The van der Waals surface area contributed by atoms with Crippen LogP contribution in [-0.2, 0) is 26.2 Å². The van der Waals surface area contributed by atoms with Crippen molar-refractivity contribution in [3.8, 4) is 5.75 Å². The maximum atomic E-state index is 12.7. The fourth-order valence-electron chi connectivity index (χ4n) is 3.56. The summed E-state index contributed by atoms with van der Waals surface area (Å²) in [7, 11) is -3.61. The molecule has 1 unspecified atom stereocenters. The Morgan fingerprint density at radius 3 is 2.56 bits per heavy atom. The fourth-order valence-corrected chi connectivity index (χ4v) is 4.88. The van der Waals surface area contributed by atoms with Gasteiger partial charge in [0.15, 0.2) is 0 Å². The largest absolute Gasteiger partial charge is 0.494 e. The van der Waals surface area contributed by atoms with Crippen molar-refractivity contribution in [3.05, 3.63) is 54.1 Å². The maximum absolute atomic E-state index is 12.7. The number of anilines is 1. The van der Waals surface area contributed by atoms with Crippen LogP contribution < -0.4 is 19.7 Å². The van der Waals surface area contributed by atoms with Crippen LogP contribution in [0.1, 0.15) is 32.8 Å². The quantitative estimate of drug-likeness (QED) is 0.599. The number of rotatable bonds is 9. The molecule has 172 valence electrons. The van der Waals surface area contributed by atoms with Gasteiger partial charge in [0, 0.05) is 31.2 Å². The Labute approximate surface area is 189 Å². The third-order valence-corrected chi connectivity index (χ3v) is 6.68. The van der Waals surface area contributed by atoms with Gasteiger partial charge in [0.1, 0.15) is 5.75 Å². The molecule has 1 aliphatic heterocycles. The number of carbonyl (C=O) groups is 2. The minimum atomic E-state index is -3.61. The summed E-state index contributed by atoms with van der Waals surface area (Å²) in [4.78, 5) is 26.9. The number of ether oxygens (including phenoxy) is 1. The molecule has 0 aliphatic carbocycles. The fraction of sp³-hybridized carbons (Fsp3) is 0.391. The van der Waals surface area contributed by atoms with Gasteiger partial charge < -0.3 is 15.0 Å². The Kier molecular flexibility index (Phi) is 7.52. The smallest absolute Gasteiger partial charge is 0.240 e. The third kappa shape index (κ3) is 5.86. The second kappa shape index (κ2) is 10.1. The van der Waals surface area contributed by atoms with E-state index in [1.54, 1.807) is 55.1 Å². The molecule has 1 aliphatic rings. The van der Waals surface area contributed by atoms with Crippen molar-refractivity contribution in [1.82, 2.24) is 10.0 Å². The van der Waals surface area contributed by atoms with E-state index < -0.39 is 15.9 Å². The molecule has 2 aromatic rings. The first-order chi connectivity index (χ1) is 15.2. The summed E-state index contributed by atoms with van der Waals surface area (Å²) in [5.74, 6) is -0.0869. The van der Waals surface area contributed by atoms with Crippen LogP contribution in [0.15, 0.2) is 53.4 Å². The highest BCUT2D eigenvalue weighted by molar-refractivity contribution is 7.89.